The van der Waals surface area contributed by atoms with Gasteiger partial charge in [-0.2, -0.15) is 0 Å². The molecule has 0 aromatic heterocycles. The van der Waals surface area contributed by atoms with E-state index in [1.165, 1.54) is 18.2 Å². The molecule has 0 bridgehead atoms. The van der Waals surface area contributed by atoms with Gasteiger partial charge in [-0.05, 0) is 17.3 Å². The second-order valence-corrected chi connectivity index (χ2v) is 1.83. The quantitative estimate of drug-likeness (QED) is 0.495. The van der Waals surface area contributed by atoms with Crippen LogP contribution in [0, 0.1) is 4.91 Å². The third-order valence-electron chi connectivity index (χ3n) is 1.13. The number of rotatable bonds is 1. The van der Waals surface area contributed by atoms with Gasteiger partial charge < -0.3 is 0 Å². The Bertz CT molecular complexity index is 174. The summed E-state index contributed by atoms with van der Waals surface area (Å²) in [5.41, 5.74) is 0.323. The maximum absolute atomic E-state index is 12.2. The van der Waals surface area contributed by atoms with Gasteiger partial charge in [-0.3, -0.25) is 0 Å². The lowest BCUT2D eigenvalue weighted by molar-refractivity contribution is 0.400. The molecule has 9 heavy (non-hydrogen) atoms. The Morgan fingerprint density at radius 1 is 1.78 bits per heavy atom. The zero-order valence-corrected chi connectivity index (χ0v) is 4.75. The van der Waals surface area contributed by atoms with Crippen molar-refractivity contribution in [1.82, 2.24) is 0 Å². The zero-order valence-electron chi connectivity index (χ0n) is 4.75. The second-order valence-electron chi connectivity index (χ2n) is 1.83. The third-order valence-corrected chi connectivity index (χ3v) is 1.13. The molecule has 0 saturated carbocycles. The van der Waals surface area contributed by atoms with Crippen molar-refractivity contribution in [3.05, 3.63) is 28.8 Å². The number of nitroso groups, excluding NO2 is 1. The maximum Gasteiger partial charge on any atom is 0.122 e. The fourth-order valence-electron chi connectivity index (χ4n) is 0.651. The molecule has 0 radical (unpaired) electrons. The predicted octanol–water partition coefficient (Wildman–Crippen LogP) is 1.93. The molecule has 1 aliphatic carbocycles. The molecule has 0 aromatic carbocycles. The molecule has 0 N–H and O–H groups in total. The first kappa shape index (κ1) is 6.13. The summed E-state index contributed by atoms with van der Waals surface area (Å²) >= 11 is 0. The van der Waals surface area contributed by atoms with Gasteiger partial charge in [0, 0.05) is 6.42 Å². The highest BCUT2D eigenvalue weighted by atomic mass is 19.1. The van der Waals surface area contributed by atoms with E-state index in [0.29, 0.717) is 5.70 Å². The monoisotopic (exact) mass is 127 g/mol. The number of hydrogen-bond donors (Lipinski definition) is 0. The first-order chi connectivity index (χ1) is 4.33. The molecule has 3 heteroatoms. The summed E-state index contributed by atoms with van der Waals surface area (Å²) in [6.45, 7) is 0. The fraction of sp³-hybridized carbons (Fsp3) is 0.333. The van der Waals surface area contributed by atoms with Gasteiger partial charge in [0.1, 0.15) is 11.9 Å². The molecule has 0 aromatic rings. The number of alkyl halides is 1. The minimum atomic E-state index is -0.935. The summed E-state index contributed by atoms with van der Waals surface area (Å²) < 4.78 is 12.2. The van der Waals surface area contributed by atoms with Crippen LogP contribution in [0.1, 0.15) is 6.42 Å². The molecular weight excluding hydrogens is 121 g/mol. The van der Waals surface area contributed by atoms with Crippen LogP contribution in [-0.2, 0) is 0 Å². The van der Waals surface area contributed by atoms with Crippen molar-refractivity contribution in [2.24, 2.45) is 5.18 Å². The molecule has 0 heterocycles. The predicted molar refractivity (Wildman–Crippen MR) is 32.5 cm³/mol. The van der Waals surface area contributed by atoms with Crippen LogP contribution in [0.4, 0.5) is 4.39 Å². The zero-order chi connectivity index (χ0) is 6.69. The van der Waals surface area contributed by atoms with E-state index in [1.807, 2.05) is 0 Å². The van der Waals surface area contributed by atoms with Gasteiger partial charge in [-0.1, -0.05) is 6.08 Å². The second kappa shape index (κ2) is 2.53. The van der Waals surface area contributed by atoms with Gasteiger partial charge >= 0.3 is 0 Å². The SMILES string of the molecule is O=NC1=CCC(F)C=C1. The van der Waals surface area contributed by atoms with E-state index in [9.17, 15) is 9.30 Å². The smallest absolute Gasteiger partial charge is 0.122 e. The third kappa shape index (κ3) is 1.45. The van der Waals surface area contributed by atoms with Crippen LogP contribution in [0.2, 0.25) is 0 Å². The number of hydrogen-bond acceptors (Lipinski definition) is 2. The van der Waals surface area contributed by atoms with Crippen molar-refractivity contribution in [3.63, 3.8) is 0 Å². The van der Waals surface area contributed by atoms with E-state index in [1.54, 1.807) is 0 Å². The molecule has 0 aliphatic heterocycles. The molecule has 2 nitrogen and oxygen atoms in total. The van der Waals surface area contributed by atoms with E-state index in [-0.39, 0.29) is 6.42 Å². The lowest BCUT2D eigenvalue weighted by atomic mass is 10.1. The molecule has 48 valence electrons. The van der Waals surface area contributed by atoms with Gasteiger partial charge in [-0.25, -0.2) is 4.39 Å². The van der Waals surface area contributed by atoms with Crippen molar-refractivity contribution in [2.45, 2.75) is 12.6 Å². The molecule has 0 amide bonds. The average Bonchev–Trinajstić information content (AvgIpc) is 1.90. The Morgan fingerprint density at radius 2 is 2.56 bits per heavy atom. The molecule has 0 fully saturated rings. The first-order valence-electron chi connectivity index (χ1n) is 2.68. The highest BCUT2D eigenvalue weighted by Crippen LogP contribution is 2.12. The van der Waals surface area contributed by atoms with Crippen molar-refractivity contribution in [2.75, 3.05) is 0 Å². The summed E-state index contributed by atoms with van der Waals surface area (Å²) in [5, 5.41) is 2.64. The average molecular weight is 127 g/mol. The summed E-state index contributed by atoms with van der Waals surface area (Å²) in [6, 6.07) is 0. The van der Waals surface area contributed by atoms with Gasteiger partial charge in [0.05, 0.1) is 0 Å². The minimum Gasteiger partial charge on any atom is -0.243 e. The van der Waals surface area contributed by atoms with E-state index in [4.69, 9.17) is 0 Å². The Balaban J connectivity index is 2.62. The van der Waals surface area contributed by atoms with Crippen LogP contribution < -0.4 is 0 Å². The molecule has 1 aliphatic rings. The Labute approximate surface area is 52.0 Å². The summed E-state index contributed by atoms with van der Waals surface area (Å²) in [5.74, 6) is 0. The van der Waals surface area contributed by atoms with Crippen molar-refractivity contribution in [1.29, 1.82) is 0 Å². The molecule has 0 saturated heterocycles. The van der Waals surface area contributed by atoms with Gasteiger partial charge in [0.15, 0.2) is 0 Å². The lowest BCUT2D eigenvalue weighted by Gasteiger charge is -2.01. The summed E-state index contributed by atoms with van der Waals surface area (Å²) in [4.78, 5) is 9.77. The summed E-state index contributed by atoms with van der Waals surface area (Å²) in [6.07, 6.45) is 3.54. The fourth-order valence-corrected chi connectivity index (χ4v) is 0.651. The van der Waals surface area contributed by atoms with Crippen molar-refractivity contribution < 1.29 is 4.39 Å². The normalized spacial score (nSPS) is 25.4. The Hall–Kier alpha value is -0.990. The Kier molecular flexibility index (Phi) is 1.72. The molecule has 1 unspecified atom stereocenters. The highest BCUT2D eigenvalue weighted by Gasteiger charge is 2.05. The van der Waals surface area contributed by atoms with Crippen molar-refractivity contribution in [3.8, 4) is 0 Å². The van der Waals surface area contributed by atoms with Crippen molar-refractivity contribution >= 4 is 0 Å². The van der Waals surface area contributed by atoms with Crippen LogP contribution in [0.25, 0.3) is 0 Å². The molecule has 1 rings (SSSR count). The van der Waals surface area contributed by atoms with Gasteiger partial charge in [0.2, 0.25) is 0 Å². The summed E-state index contributed by atoms with van der Waals surface area (Å²) in [7, 11) is 0. The largest absolute Gasteiger partial charge is 0.243 e. The molecular formula is C6H6FNO. The Morgan fingerprint density at radius 3 is 3.00 bits per heavy atom. The first-order valence-corrected chi connectivity index (χ1v) is 2.68. The topological polar surface area (TPSA) is 29.4 Å². The molecule has 0 spiro atoms. The van der Waals surface area contributed by atoms with E-state index < -0.39 is 6.17 Å². The molecule has 1 atom stereocenters. The van der Waals surface area contributed by atoms with Crippen LogP contribution >= 0.6 is 0 Å². The standard InChI is InChI=1S/C6H6FNO/c7-5-1-3-6(8-9)4-2-5/h1,3-5H,2H2. The van der Waals surface area contributed by atoms with Crippen LogP contribution in [0.5, 0.6) is 0 Å². The van der Waals surface area contributed by atoms with Crippen LogP contribution in [0.15, 0.2) is 29.1 Å². The number of nitrogens with zero attached hydrogens (tertiary/aromatic N) is 1. The van der Waals surface area contributed by atoms with E-state index in [2.05, 4.69) is 5.18 Å². The number of allylic oxidation sites excluding steroid dienone is 3. The van der Waals surface area contributed by atoms with E-state index >= 15 is 0 Å². The van der Waals surface area contributed by atoms with E-state index in [0.717, 1.165) is 0 Å². The highest BCUT2D eigenvalue weighted by molar-refractivity contribution is 5.22. The van der Waals surface area contributed by atoms with Gasteiger partial charge in [-0.15, -0.1) is 4.91 Å². The number of halogens is 1. The van der Waals surface area contributed by atoms with Crippen LogP contribution in [-0.4, -0.2) is 6.17 Å². The maximum atomic E-state index is 12.2. The van der Waals surface area contributed by atoms with Crippen LogP contribution in [0.3, 0.4) is 0 Å². The van der Waals surface area contributed by atoms with Gasteiger partial charge in [0.25, 0.3) is 0 Å². The minimum absolute atomic E-state index is 0.275. The lowest BCUT2D eigenvalue weighted by Crippen LogP contribution is -1.96.